The first kappa shape index (κ1) is 13.2. The van der Waals surface area contributed by atoms with E-state index in [0.717, 1.165) is 6.42 Å². The van der Waals surface area contributed by atoms with Gasteiger partial charge in [-0.05, 0) is 6.42 Å². The predicted molar refractivity (Wildman–Crippen MR) is 54.9 cm³/mol. The minimum absolute atomic E-state index is 0.107. The van der Waals surface area contributed by atoms with E-state index in [-0.39, 0.29) is 17.5 Å². The van der Waals surface area contributed by atoms with Crippen LogP contribution >= 0.6 is 0 Å². The van der Waals surface area contributed by atoms with E-state index in [1.54, 1.807) is 6.55 Å². The molecule has 0 radical (unpaired) electrons. The van der Waals surface area contributed by atoms with Crippen LogP contribution in [0.5, 0.6) is 0 Å². The van der Waals surface area contributed by atoms with Gasteiger partial charge in [0.2, 0.25) is 0 Å². The van der Waals surface area contributed by atoms with Gasteiger partial charge in [-0.15, -0.1) is 0 Å². The quantitative estimate of drug-likeness (QED) is 0.677. The van der Waals surface area contributed by atoms with E-state index in [0.29, 0.717) is 0 Å². The van der Waals surface area contributed by atoms with E-state index < -0.39 is 8.56 Å². The second kappa shape index (κ2) is 5.14. The summed E-state index contributed by atoms with van der Waals surface area (Å²) >= 11 is 0. The van der Waals surface area contributed by atoms with E-state index in [2.05, 4.69) is 0 Å². The molecule has 0 aromatic carbocycles. The van der Waals surface area contributed by atoms with Gasteiger partial charge in [-0.2, -0.15) is 0 Å². The molecule has 0 rings (SSSR count). The monoisotopic (exact) mass is 218 g/mol. The highest BCUT2D eigenvalue weighted by Gasteiger charge is 2.43. The van der Waals surface area contributed by atoms with Crippen molar-refractivity contribution in [3.63, 3.8) is 0 Å². The van der Waals surface area contributed by atoms with Gasteiger partial charge in [-0.3, -0.25) is 9.59 Å². The van der Waals surface area contributed by atoms with Crippen LogP contribution in [0.25, 0.3) is 0 Å². The molecular formula is C9H18O4Si. The van der Waals surface area contributed by atoms with Gasteiger partial charge in [-0.1, -0.05) is 13.8 Å². The summed E-state index contributed by atoms with van der Waals surface area (Å²) in [6.45, 7) is 8.30. The summed E-state index contributed by atoms with van der Waals surface area (Å²) in [7, 11) is -2.68. The zero-order chi connectivity index (χ0) is 11.4. The summed E-state index contributed by atoms with van der Waals surface area (Å²) in [5.74, 6) is -0.776. The van der Waals surface area contributed by atoms with E-state index in [4.69, 9.17) is 8.85 Å². The van der Waals surface area contributed by atoms with E-state index in [1.165, 1.54) is 13.8 Å². The van der Waals surface area contributed by atoms with Crippen molar-refractivity contribution in [1.29, 1.82) is 0 Å². The van der Waals surface area contributed by atoms with Gasteiger partial charge >= 0.3 is 8.56 Å². The highest BCUT2D eigenvalue weighted by Crippen LogP contribution is 2.27. The maximum atomic E-state index is 10.9. The fraction of sp³-hybridized carbons (Fsp3) is 0.778. The molecule has 5 heteroatoms. The minimum Gasteiger partial charge on any atom is -0.485 e. The molecule has 1 unspecified atom stereocenters. The van der Waals surface area contributed by atoms with Crippen molar-refractivity contribution in [2.45, 2.75) is 46.2 Å². The number of rotatable bonds is 4. The van der Waals surface area contributed by atoms with Crippen LogP contribution in [0.2, 0.25) is 12.1 Å². The van der Waals surface area contributed by atoms with Crippen LogP contribution in [0.4, 0.5) is 0 Å². The number of carbonyl (C=O) groups is 2. The molecule has 0 saturated carbocycles. The molecule has 0 spiro atoms. The molecule has 0 N–H and O–H groups in total. The average Bonchev–Trinajstić information content (AvgIpc) is 1.99. The molecule has 1 atom stereocenters. The molecule has 82 valence electrons. The zero-order valence-corrected chi connectivity index (χ0v) is 10.4. The highest BCUT2D eigenvalue weighted by molar-refractivity contribution is 6.70. The van der Waals surface area contributed by atoms with Crippen LogP contribution in [-0.2, 0) is 18.4 Å². The SMILES string of the molecule is CCC(C)[Si](C)(OC(C)=O)OC(C)=O. The number of carbonyl (C=O) groups excluding carboxylic acids is 2. The predicted octanol–water partition coefficient (Wildman–Crippen LogP) is 1.98. The molecule has 0 aliphatic heterocycles. The van der Waals surface area contributed by atoms with Crippen LogP contribution in [0.1, 0.15) is 34.1 Å². The molecule has 0 aromatic heterocycles. The normalized spacial score (nSPS) is 13.2. The number of hydrogen-bond donors (Lipinski definition) is 0. The molecule has 0 aliphatic rings. The Morgan fingerprint density at radius 2 is 1.57 bits per heavy atom. The largest absolute Gasteiger partial charge is 0.485 e. The topological polar surface area (TPSA) is 52.6 Å². The lowest BCUT2D eigenvalue weighted by molar-refractivity contribution is -0.139. The Kier molecular flexibility index (Phi) is 4.83. The molecule has 0 amide bonds. The average molecular weight is 218 g/mol. The van der Waals surface area contributed by atoms with Gasteiger partial charge in [0, 0.05) is 25.9 Å². The summed E-state index contributed by atoms with van der Waals surface area (Å²) in [5.41, 5.74) is 0.107. The van der Waals surface area contributed by atoms with E-state index in [1.807, 2.05) is 13.8 Å². The van der Waals surface area contributed by atoms with Crippen LogP contribution in [0.15, 0.2) is 0 Å². The molecule has 0 aliphatic carbocycles. The van der Waals surface area contributed by atoms with Crippen LogP contribution < -0.4 is 0 Å². The fourth-order valence-electron chi connectivity index (χ4n) is 1.16. The van der Waals surface area contributed by atoms with Crippen LogP contribution in [0, 0.1) is 0 Å². The van der Waals surface area contributed by atoms with Crippen molar-refractivity contribution in [1.82, 2.24) is 0 Å². The lowest BCUT2D eigenvalue weighted by Crippen LogP contribution is -2.45. The first-order valence-corrected chi connectivity index (χ1v) is 7.10. The van der Waals surface area contributed by atoms with E-state index >= 15 is 0 Å². The first-order valence-electron chi connectivity index (χ1n) is 4.71. The van der Waals surface area contributed by atoms with Gasteiger partial charge in [0.1, 0.15) is 0 Å². The Balaban J connectivity index is 4.64. The Morgan fingerprint density at radius 1 is 1.21 bits per heavy atom. The summed E-state index contributed by atoms with van der Waals surface area (Å²) in [6, 6.07) is 0. The molecule has 0 bridgehead atoms. The van der Waals surface area contributed by atoms with Crippen molar-refractivity contribution in [2.75, 3.05) is 0 Å². The van der Waals surface area contributed by atoms with E-state index in [9.17, 15) is 9.59 Å². The maximum Gasteiger partial charge on any atom is 0.463 e. The highest BCUT2D eigenvalue weighted by atomic mass is 28.4. The second-order valence-electron chi connectivity index (χ2n) is 3.51. The molecule has 0 fully saturated rings. The lowest BCUT2D eigenvalue weighted by Gasteiger charge is -2.29. The Morgan fingerprint density at radius 3 is 1.79 bits per heavy atom. The Bertz CT molecular complexity index is 211. The summed E-state index contributed by atoms with van der Waals surface area (Å²) < 4.78 is 10.3. The number of hydrogen-bond acceptors (Lipinski definition) is 4. The lowest BCUT2D eigenvalue weighted by atomic mass is 10.4. The molecule has 14 heavy (non-hydrogen) atoms. The van der Waals surface area contributed by atoms with Crippen LogP contribution in [-0.4, -0.2) is 20.5 Å². The smallest absolute Gasteiger partial charge is 0.463 e. The molecule has 0 heterocycles. The summed E-state index contributed by atoms with van der Waals surface area (Å²) in [5, 5.41) is 0. The standard InChI is InChI=1S/C9H18O4Si/c1-6-7(2)14(5,12-8(3)10)13-9(4)11/h7H,6H2,1-5H3. The van der Waals surface area contributed by atoms with Gasteiger partial charge in [-0.25, -0.2) is 0 Å². The Hall–Kier alpha value is -0.843. The molecule has 4 nitrogen and oxygen atoms in total. The van der Waals surface area contributed by atoms with Crippen molar-refractivity contribution >= 4 is 20.5 Å². The van der Waals surface area contributed by atoms with Gasteiger partial charge < -0.3 is 8.85 Å². The summed E-state index contributed by atoms with van der Waals surface area (Å²) in [4.78, 5) is 21.8. The van der Waals surface area contributed by atoms with Crippen molar-refractivity contribution < 1.29 is 18.4 Å². The van der Waals surface area contributed by atoms with Gasteiger partial charge in [0.25, 0.3) is 11.9 Å². The maximum absolute atomic E-state index is 10.9. The molecule has 0 saturated heterocycles. The minimum atomic E-state index is -2.68. The zero-order valence-electron chi connectivity index (χ0n) is 9.42. The third-order valence-electron chi connectivity index (χ3n) is 2.20. The molecular weight excluding hydrogens is 200 g/mol. The first-order chi connectivity index (χ1) is 6.31. The van der Waals surface area contributed by atoms with Crippen molar-refractivity contribution in [3.05, 3.63) is 0 Å². The Labute approximate surface area is 85.8 Å². The van der Waals surface area contributed by atoms with Crippen molar-refractivity contribution in [2.24, 2.45) is 0 Å². The summed E-state index contributed by atoms with van der Waals surface area (Å²) in [6.07, 6.45) is 0.823. The van der Waals surface area contributed by atoms with Crippen molar-refractivity contribution in [3.8, 4) is 0 Å². The van der Waals surface area contributed by atoms with Gasteiger partial charge in [0.15, 0.2) is 0 Å². The van der Waals surface area contributed by atoms with Gasteiger partial charge in [0.05, 0.1) is 0 Å². The second-order valence-corrected chi connectivity index (χ2v) is 6.94. The third-order valence-corrected chi connectivity index (χ3v) is 5.78. The third kappa shape index (κ3) is 3.91. The molecule has 0 aromatic rings. The van der Waals surface area contributed by atoms with Crippen LogP contribution in [0.3, 0.4) is 0 Å². The fourth-order valence-corrected chi connectivity index (χ4v) is 3.49.